The molecule has 5 heteroatoms. The van der Waals surface area contributed by atoms with Crippen LogP contribution in [0, 0.1) is 6.92 Å². The van der Waals surface area contributed by atoms with E-state index in [4.69, 9.17) is 4.74 Å². The van der Waals surface area contributed by atoms with Crippen LogP contribution in [0.25, 0.3) is 10.9 Å². The fourth-order valence-electron chi connectivity index (χ4n) is 1.59. The molecule has 17 heavy (non-hydrogen) atoms. The van der Waals surface area contributed by atoms with Crippen LogP contribution >= 0.6 is 0 Å². The minimum Gasteiger partial charge on any atom is -0.375 e. The smallest absolute Gasteiger partial charge is 0.250 e. The van der Waals surface area contributed by atoms with E-state index in [1.54, 1.807) is 0 Å². The van der Waals surface area contributed by atoms with Crippen LogP contribution in [0.3, 0.4) is 0 Å². The number of carbonyl (C=O) groups excluding carboxylic acids is 1. The number of nitrogens with zero attached hydrogens (tertiary/aromatic N) is 2. The number of anilines is 1. The second kappa shape index (κ2) is 4.88. The summed E-state index contributed by atoms with van der Waals surface area (Å²) in [6, 6.07) is 5.52. The van der Waals surface area contributed by atoms with Crippen molar-refractivity contribution >= 4 is 22.5 Å². The third-order valence-electron chi connectivity index (χ3n) is 2.39. The van der Waals surface area contributed by atoms with Gasteiger partial charge in [0.05, 0.1) is 5.52 Å². The second-order valence-corrected chi connectivity index (χ2v) is 3.67. The van der Waals surface area contributed by atoms with Crippen LogP contribution in [0.2, 0.25) is 0 Å². The summed E-state index contributed by atoms with van der Waals surface area (Å²) >= 11 is 0. The highest BCUT2D eigenvalue weighted by molar-refractivity contribution is 5.94. The molecule has 2 aromatic rings. The third-order valence-corrected chi connectivity index (χ3v) is 2.39. The molecule has 1 heterocycles. The molecule has 0 saturated carbocycles. The van der Waals surface area contributed by atoms with E-state index in [9.17, 15) is 4.79 Å². The Morgan fingerprint density at radius 3 is 3.00 bits per heavy atom. The average molecular weight is 231 g/mol. The van der Waals surface area contributed by atoms with Gasteiger partial charge in [-0.1, -0.05) is 0 Å². The average Bonchev–Trinajstić information content (AvgIpc) is 2.30. The normalized spacial score (nSPS) is 10.5. The molecule has 0 aliphatic rings. The van der Waals surface area contributed by atoms with Crippen LogP contribution in [-0.4, -0.2) is 29.6 Å². The molecule has 0 radical (unpaired) electrons. The number of hydrogen-bond donors (Lipinski definition) is 1. The Morgan fingerprint density at radius 1 is 1.41 bits per heavy atom. The van der Waals surface area contributed by atoms with Gasteiger partial charge in [0, 0.05) is 23.9 Å². The van der Waals surface area contributed by atoms with E-state index in [2.05, 4.69) is 15.3 Å². The molecule has 0 atom stereocenters. The van der Waals surface area contributed by atoms with Gasteiger partial charge in [-0.15, -0.1) is 0 Å². The van der Waals surface area contributed by atoms with Gasteiger partial charge < -0.3 is 10.1 Å². The zero-order chi connectivity index (χ0) is 12.3. The lowest BCUT2D eigenvalue weighted by molar-refractivity contribution is -0.119. The summed E-state index contributed by atoms with van der Waals surface area (Å²) in [4.78, 5) is 19.6. The summed E-state index contributed by atoms with van der Waals surface area (Å²) in [7, 11) is 1.48. The predicted molar refractivity (Wildman–Crippen MR) is 64.8 cm³/mol. The Morgan fingerprint density at radius 2 is 2.24 bits per heavy atom. The molecule has 1 aromatic heterocycles. The Labute approximate surface area is 98.8 Å². The molecule has 0 aliphatic heterocycles. The van der Waals surface area contributed by atoms with Crippen LogP contribution in [0.1, 0.15) is 5.69 Å². The minimum absolute atomic E-state index is 0.0440. The molecule has 0 saturated heterocycles. The first kappa shape index (κ1) is 11.5. The van der Waals surface area contributed by atoms with Crippen LogP contribution in [0.4, 0.5) is 5.69 Å². The van der Waals surface area contributed by atoms with E-state index >= 15 is 0 Å². The maximum Gasteiger partial charge on any atom is 0.250 e. The first-order valence-electron chi connectivity index (χ1n) is 5.21. The van der Waals surface area contributed by atoms with Crippen molar-refractivity contribution in [2.75, 3.05) is 19.0 Å². The zero-order valence-corrected chi connectivity index (χ0v) is 9.73. The van der Waals surface area contributed by atoms with Crippen molar-refractivity contribution < 1.29 is 9.53 Å². The standard InChI is InChI=1S/C12H13N3O2/c1-8-10-5-9(15-12(16)6-17-2)3-4-11(10)14-7-13-8/h3-5,7H,6H2,1-2H3,(H,15,16). The summed E-state index contributed by atoms with van der Waals surface area (Å²) in [5.41, 5.74) is 2.47. The number of rotatable bonds is 3. The lowest BCUT2D eigenvalue weighted by Crippen LogP contribution is -2.17. The molecule has 0 spiro atoms. The summed E-state index contributed by atoms with van der Waals surface area (Å²) < 4.78 is 4.75. The molecule has 2 rings (SSSR count). The number of aromatic nitrogens is 2. The lowest BCUT2D eigenvalue weighted by Gasteiger charge is -2.06. The summed E-state index contributed by atoms with van der Waals surface area (Å²) in [5, 5.41) is 3.68. The summed E-state index contributed by atoms with van der Waals surface area (Å²) in [6.07, 6.45) is 1.53. The largest absolute Gasteiger partial charge is 0.375 e. The molecular weight excluding hydrogens is 218 g/mol. The van der Waals surface area contributed by atoms with E-state index in [0.717, 1.165) is 22.3 Å². The van der Waals surface area contributed by atoms with Gasteiger partial charge in [0.2, 0.25) is 5.91 Å². The maximum absolute atomic E-state index is 11.4. The number of nitrogens with one attached hydrogen (secondary N) is 1. The van der Waals surface area contributed by atoms with E-state index in [-0.39, 0.29) is 12.5 Å². The van der Waals surface area contributed by atoms with Crippen molar-refractivity contribution in [3.8, 4) is 0 Å². The molecule has 1 amide bonds. The van der Waals surface area contributed by atoms with Crippen LogP contribution in [0.5, 0.6) is 0 Å². The van der Waals surface area contributed by atoms with Crippen molar-refractivity contribution in [2.45, 2.75) is 6.92 Å². The Hall–Kier alpha value is -2.01. The topological polar surface area (TPSA) is 64.1 Å². The Bertz CT molecular complexity index is 554. The third kappa shape index (κ3) is 2.57. The molecule has 0 unspecified atom stereocenters. The number of benzene rings is 1. The quantitative estimate of drug-likeness (QED) is 0.869. The number of fused-ring (bicyclic) bond motifs is 1. The summed E-state index contributed by atoms with van der Waals surface area (Å²) in [6.45, 7) is 1.95. The van der Waals surface area contributed by atoms with Crippen molar-refractivity contribution in [3.63, 3.8) is 0 Å². The minimum atomic E-state index is -0.179. The first-order chi connectivity index (χ1) is 8.20. The summed E-state index contributed by atoms with van der Waals surface area (Å²) in [5.74, 6) is -0.179. The SMILES string of the molecule is COCC(=O)Nc1ccc2ncnc(C)c2c1. The number of carbonyl (C=O) groups is 1. The predicted octanol–water partition coefficient (Wildman–Crippen LogP) is 1.52. The number of ether oxygens (including phenoxy) is 1. The number of aryl methyl sites for hydroxylation is 1. The zero-order valence-electron chi connectivity index (χ0n) is 9.73. The van der Waals surface area contributed by atoms with E-state index in [0.29, 0.717) is 0 Å². The Kier molecular flexibility index (Phi) is 3.30. The molecule has 0 fully saturated rings. The molecular formula is C12H13N3O2. The molecule has 1 aromatic carbocycles. The number of hydrogen-bond acceptors (Lipinski definition) is 4. The Balaban J connectivity index is 2.31. The monoisotopic (exact) mass is 231 g/mol. The van der Waals surface area contributed by atoms with Gasteiger partial charge in [-0.25, -0.2) is 9.97 Å². The van der Waals surface area contributed by atoms with E-state index in [1.807, 2.05) is 25.1 Å². The molecule has 0 aliphatic carbocycles. The van der Waals surface area contributed by atoms with Gasteiger partial charge in [-0.05, 0) is 25.1 Å². The van der Waals surface area contributed by atoms with Crippen molar-refractivity contribution in [2.24, 2.45) is 0 Å². The first-order valence-corrected chi connectivity index (χ1v) is 5.21. The molecule has 0 bridgehead atoms. The van der Waals surface area contributed by atoms with Gasteiger partial charge in [0.15, 0.2) is 0 Å². The highest BCUT2D eigenvalue weighted by atomic mass is 16.5. The highest BCUT2D eigenvalue weighted by Gasteiger charge is 2.04. The number of amides is 1. The van der Waals surface area contributed by atoms with Gasteiger partial charge in [-0.2, -0.15) is 0 Å². The van der Waals surface area contributed by atoms with Crippen molar-refractivity contribution in [1.82, 2.24) is 9.97 Å². The van der Waals surface area contributed by atoms with Gasteiger partial charge >= 0.3 is 0 Å². The fraction of sp³-hybridized carbons (Fsp3) is 0.250. The molecule has 1 N–H and O–H groups in total. The van der Waals surface area contributed by atoms with Crippen LogP contribution in [-0.2, 0) is 9.53 Å². The maximum atomic E-state index is 11.4. The van der Waals surface area contributed by atoms with E-state index in [1.165, 1.54) is 13.4 Å². The van der Waals surface area contributed by atoms with E-state index < -0.39 is 0 Å². The van der Waals surface area contributed by atoms with Crippen molar-refractivity contribution in [1.29, 1.82) is 0 Å². The molecule has 88 valence electrons. The fourth-order valence-corrected chi connectivity index (χ4v) is 1.59. The van der Waals surface area contributed by atoms with Crippen LogP contribution < -0.4 is 5.32 Å². The van der Waals surface area contributed by atoms with Gasteiger partial charge in [-0.3, -0.25) is 4.79 Å². The lowest BCUT2D eigenvalue weighted by atomic mass is 10.2. The van der Waals surface area contributed by atoms with Gasteiger partial charge in [0.1, 0.15) is 12.9 Å². The van der Waals surface area contributed by atoms with Crippen molar-refractivity contribution in [3.05, 3.63) is 30.2 Å². The second-order valence-electron chi connectivity index (χ2n) is 3.67. The molecule has 5 nitrogen and oxygen atoms in total. The van der Waals surface area contributed by atoms with Gasteiger partial charge in [0.25, 0.3) is 0 Å². The number of methoxy groups -OCH3 is 1. The highest BCUT2D eigenvalue weighted by Crippen LogP contribution is 2.19. The van der Waals surface area contributed by atoms with Crippen LogP contribution in [0.15, 0.2) is 24.5 Å².